The van der Waals surface area contributed by atoms with Gasteiger partial charge in [-0.15, -0.1) is 11.3 Å². The number of benzene rings is 1. The number of hydroxylamine groups is 1. The SMILES string of the molecule is CC(C)CNC(=O)Nc1cccc(-c2ccsc2[C@@]2(CC(=O)NO)CCCCS2(=O)=O)c1. The zero-order chi connectivity index (χ0) is 23.4. The molecular formula is C22H29N3O5S2. The standard InChI is InChI=1S/C22H29N3O5S2/c1-15(2)14-23-21(27)24-17-7-5-6-16(12-17)18-8-10-31-20(18)22(13-19(26)25-28)9-3-4-11-32(22,29)30/h5-8,10,12,15,28H,3-4,9,11,13-14H2,1-2H3,(H,25,26)(H2,23,24,27)/t22-/m0/s1. The average molecular weight is 480 g/mol. The second kappa shape index (κ2) is 10.0. The van der Waals surface area contributed by atoms with Gasteiger partial charge in [0.1, 0.15) is 4.75 Å². The van der Waals surface area contributed by atoms with E-state index in [2.05, 4.69) is 10.6 Å². The lowest BCUT2D eigenvalue weighted by Gasteiger charge is -2.36. The lowest BCUT2D eigenvalue weighted by molar-refractivity contribution is -0.130. The second-order valence-corrected chi connectivity index (χ2v) is 11.8. The summed E-state index contributed by atoms with van der Waals surface area (Å²) in [4.78, 5) is 24.9. The van der Waals surface area contributed by atoms with Crippen LogP contribution >= 0.6 is 11.3 Å². The minimum absolute atomic E-state index is 0.000661. The highest BCUT2D eigenvalue weighted by Crippen LogP contribution is 2.49. The Hall–Kier alpha value is -2.43. The molecule has 1 aromatic heterocycles. The number of amides is 3. The van der Waals surface area contributed by atoms with Crippen LogP contribution < -0.4 is 16.1 Å². The minimum atomic E-state index is -3.63. The highest BCUT2D eigenvalue weighted by atomic mass is 32.2. The van der Waals surface area contributed by atoms with Gasteiger partial charge in [0.2, 0.25) is 5.91 Å². The van der Waals surface area contributed by atoms with E-state index in [1.807, 2.05) is 31.4 Å². The van der Waals surface area contributed by atoms with Crippen molar-refractivity contribution in [1.82, 2.24) is 10.8 Å². The largest absolute Gasteiger partial charge is 0.338 e. The van der Waals surface area contributed by atoms with Gasteiger partial charge >= 0.3 is 6.03 Å². The number of hydrogen-bond acceptors (Lipinski definition) is 6. The van der Waals surface area contributed by atoms with Crippen molar-refractivity contribution in [3.8, 4) is 11.1 Å². The van der Waals surface area contributed by atoms with Crippen LogP contribution in [0.25, 0.3) is 11.1 Å². The lowest BCUT2D eigenvalue weighted by Crippen LogP contribution is -2.44. The predicted octanol–water partition coefficient (Wildman–Crippen LogP) is 3.88. The molecule has 1 aliphatic heterocycles. The number of carbonyl (C=O) groups excluding carboxylic acids is 2. The minimum Gasteiger partial charge on any atom is -0.338 e. The molecule has 0 saturated carbocycles. The first-order valence-corrected chi connectivity index (χ1v) is 13.1. The molecule has 1 atom stereocenters. The van der Waals surface area contributed by atoms with Crippen molar-refractivity contribution in [2.24, 2.45) is 5.92 Å². The van der Waals surface area contributed by atoms with E-state index in [1.165, 1.54) is 11.3 Å². The first-order chi connectivity index (χ1) is 15.2. The number of urea groups is 1. The summed E-state index contributed by atoms with van der Waals surface area (Å²) in [5, 5.41) is 16.5. The van der Waals surface area contributed by atoms with Gasteiger partial charge in [-0.2, -0.15) is 0 Å². The number of thiophene rings is 1. The summed E-state index contributed by atoms with van der Waals surface area (Å²) in [6.45, 7) is 4.56. The Labute approximate surface area is 192 Å². The molecule has 3 rings (SSSR count). The zero-order valence-electron chi connectivity index (χ0n) is 18.2. The van der Waals surface area contributed by atoms with E-state index in [0.29, 0.717) is 47.9 Å². The third kappa shape index (κ3) is 5.13. The first kappa shape index (κ1) is 24.2. The third-order valence-electron chi connectivity index (χ3n) is 5.59. The Kier molecular flexibility index (Phi) is 7.58. The molecule has 0 aliphatic carbocycles. The van der Waals surface area contributed by atoms with Crippen LogP contribution in [0.4, 0.5) is 10.5 Å². The molecule has 1 aliphatic rings. The summed E-state index contributed by atoms with van der Waals surface area (Å²) in [5.41, 5.74) is 3.62. The van der Waals surface area contributed by atoms with Gasteiger partial charge in [0.25, 0.3) is 0 Å². The van der Waals surface area contributed by atoms with Crippen LogP contribution in [0.15, 0.2) is 35.7 Å². The normalized spacial score (nSPS) is 20.0. The van der Waals surface area contributed by atoms with Gasteiger partial charge < -0.3 is 10.6 Å². The van der Waals surface area contributed by atoms with Crippen LogP contribution in [0.2, 0.25) is 0 Å². The molecule has 10 heteroatoms. The van der Waals surface area contributed by atoms with Crippen molar-refractivity contribution >= 4 is 38.8 Å². The maximum atomic E-state index is 13.3. The molecule has 0 bridgehead atoms. The smallest absolute Gasteiger partial charge is 0.319 e. The summed E-state index contributed by atoms with van der Waals surface area (Å²) >= 11 is 1.30. The van der Waals surface area contributed by atoms with E-state index in [4.69, 9.17) is 5.21 Å². The molecule has 0 spiro atoms. The van der Waals surface area contributed by atoms with Crippen molar-refractivity contribution in [3.05, 3.63) is 40.6 Å². The summed E-state index contributed by atoms with van der Waals surface area (Å²) in [7, 11) is -3.63. The molecule has 1 fully saturated rings. The summed E-state index contributed by atoms with van der Waals surface area (Å²) in [5.74, 6) is -0.405. The van der Waals surface area contributed by atoms with E-state index in [9.17, 15) is 18.0 Å². The van der Waals surface area contributed by atoms with Crippen LogP contribution in [0, 0.1) is 5.92 Å². The van der Waals surface area contributed by atoms with Crippen LogP contribution in [-0.4, -0.2) is 37.9 Å². The lowest BCUT2D eigenvalue weighted by atomic mass is 9.90. The fourth-order valence-electron chi connectivity index (χ4n) is 4.01. The Morgan fingerprint density at radius 2 is 2.00 bits per heavy atom. The number of anilines is 1. The van der Waals surface area contributed by atoms with Crippen molar-refractivity contribution < 1.29 is 23.2 Å². The Balaban J connectivity index is 1.98. The monoisotopic (exact) mass is 479 g/mol. The summed E-state index contributed by atoms with van der Waals surface area (Å²) in [6, 6.07) is 8.70. The fourth-order valence-corrected chi connectivity index (χ4v) is 7.75. The predicted molar refractivity (Wildman–Crippen MR) is 125 cm³/mol. The molecule has 174 valence electrons. The quantitative estimate of drug-likeness (QED) is 0.354. The Morgan fingerprint density at radius 1 is 1.22 bits per heavy atom. The molecule has 32 heavy (non-hydrogen) atoms. The van der Waals surface area contributed by atoms with E-state index in [1.54, 1.807) is 23.7 Å². The van der Waals surface area contributed by atoms with Crippen LogP contribution in [-0.2, 0) is 19.4 Å². The van der Waals surface area contributed by atoms with Crippen molar-refractivity contribution in [1.29, 1.82) is 0 Å². The molecule has 1 saturated heterocycles. The topological polar surface area (TPSA) is 125 Å². The van der Waals surface area contributed by atoms with Gasteiger partial charge in [-0.3, -0.25) is 10.0 Å². The van der Waals surface area contributed by atoms with Crippen molar-refractivity contribution in [3.63, 3.8) is 0 Å². The molecular weight excluding hydrogens is 450 g/mol. The number of nitrogens with one attached hydrogen (secondary N) is 3. The maximum absolute atomic E-state index is 13.3. The highest BCUT2D eigenvalue weighted by Gasteiger charge is 2.50. The summed E-state index contributed by atoms with van der Waals surface area (Å²) < 4.78 is 25.1. The molecule has 0 radical (unpaired) electrons. The number of rotatable bonds is 7. The average Bonchev–Trinajstić information content (AvgIpc) is 3.24. The van der Waals surface area contributed by atoms with Crippen molar-refractivity contribution in [2.75, 3.05) is 17.6 Å². The number of sulfone groups is 1. The zero-order valence-corrected chi connectivity index (χ0v) is 19.8. The van der Waals surface area contributed by atoms with E-state index in [0.717, 1.165) is 5.56 Å². The van der Waals surface area contributed by atoms with Crippen molar-refractivity contribution in [2.45, 2.75) is 44.3 Å². The molecule has 2 heterocycles. The first-order valence-electron chi connectivity index (χ1n) is 10.6. The molecule has 0 unspecified atom stereocenters. The van der Waals surface area contributed by atoms with Gasteiger partial charge in [-0.1, -0.05) is 32.4 Å². The number of hydrogen-bond donors (Lipinski definition) is 4. The Bertz CT molecular complexity index is 1080. The van der Waals surface area contributed by atoms with Gasteiger partial charge in [-0.25, -0.2) is 18.7 Å². The van der Waals surface area contributed by atoms with E-state index >= 15 is 0 Å². The van der Waals surface area contributed by atoms with Crippen LogP contribution in [0.1, 0.15) is 44.4 Å². The molecule has 4 N–H and O–H groups in total. The van der Waals surface area contributed by atoms with Gasteiger partial charge in [0.15, 0.2) is 9.84 Å². The van der Waals surface area contributed by atoms with Gasteiger partial charge in [0.05, 0.1) is 12.2 Å². The Morgan fingerprint density at radius 3 is 2.69 bits per heavy atom. The molecule has 2 aromatic rings. The summed E-state index contributed by atoms with van der Waals surface area (Å²) in [6.07, 6.45) is 1.20. The van der Waals surface area contributed by atoms with E-state index in [-0.39, 0.29) is 18.2 Å². The van der Waals surface area contributed by atoms with E-state index < -0.39 is 20.5 Å². The molecule has 1 aromatic carbocycles. The third-order valence-corrected chi connectivity index (χ3v) is 9.41. The second-order valence-electron chi connectivity index (χ2n) is 8.46. The molecule has 8 nitrogen and oxygen atoms in total. The number of carbonyl (C=O) groups is 2. The van der Waals surface area contributed by atoms with Gasteiger partial charge in [-0.05, 0) is 53.5 Å². The highest BCUT2D eigenvalue weighted by molar-refractivity contribution is 7.92. The van der Waals surface area contributed by atoms with Crippen LogP contribution in [0.5, 0.6) is 0 Å². The van der Waals surface area contributed by atoms with Gasteiger partial charge in [0, 0.05) is 17.1 Å². The molecule has 3 amide bonds. The maximum Gasteiger partial charge on any atom is 0.319 e. The fraction of sp³-hybridized carbons (Fsp3) is 0.455. The van der Waals surface area contributed by atoms with Crippen LogP contribution in [0.3, 0.4) is 0 Å².